The molecule has 0 unspecified atom stereocenters. The molecule has 1 aliphatic heterocycles. The van der Waals surface area contributed by atoms with E-state index in [0.717, 1.165) is 18.7 Å². The van der Waals surface area contributed by atoms with Gasteiger partial charge in [0, 0.05) is 32.4 Å². The van der Waals surface area contributed by atoms with E-state index < -0.39 is 0 Å². The molecule has 7 nitrogen and oxygen atoms in total. The number of hydrogen-bond acceptors (Lipinski definition) is 6. The molecule has 0 bridgehead atoms. The van der Waals surface area contributed by atoms with Crippen LogP contribution in [0.5, 0.6) is 0 Å². The third kappa shape index (κ3) is 9.09. The molecule has 1 heterocycles. The molecule has 0 saturated carbocycles. The van der Waals surface area contributed by atoms with Gasteiger partial charge in [-0.05, 0) is 49.5 Å². The summed E-state index contributed by atoms with van der Waals surface area (Å²) in [5.41, 5.74) is 2.88. The molecule has 1 aliphatic rings. The predicted molar refractivity (Wildman–Crippen MR) is 124 cm³/mol. The van der Waals surface area contributed by atoms with Crippen molar-refractivity contribution in [1.29, 1.82) is 5.26 Å². The van der Waals surface area contributed by atoms with Crippen molar-refractivity contribution in [2.75, 3.05) is 64.7 Å². The van der Waals surface area contributed by atoms with E-state index in [1.807, 2.05) is 25.1 Å². The van der Waals surface area contributed by atoms with Crippen LogP contribution in [-0.4, -0.2) is 65.7 Å². The second-order valence-corrected chi connectivity index (χ2v) is 7.18. The van der Waals surface area contributed by atoms with E-state index in [4.69, 9.17) is 14.2 Å². The lowest BCUT2D eigenvalue weighted by molar-refractivity contribution is -0.117. The number of nitriles is 1. The van der Waals surface area contributed by atoms with Gasteiger partial charge in [-0.2, -0.15) is 5.26 Å². The number of allylic oxidation sites excluding steroid dienone is 1. The fourth-order valence-corrected chi connectivity index (χ4v) is 3.31. The minimum atomic E-state index is -0.380. The Morgan fingerprint density at radius 3 is 2.26 bits per heavy atom. The molecule has 2 rings (SSSR count). The van der Waals surface area contributed by atoms with Crippen LogP contribution < -0.4 is 10.2 Å². The molecular weight excluding hydrogens is 394 g/mol. The number of anilines is 1. The zero-order valence-corrected chi connectivity index (χ0v) is 18.1. The lowest BCUT2D eigenvalue weighted by atomic mass is 10.0. The van der Waals surface area contributed by atoms with Crippen LogP contribution in [0, 0.1) is 11.3 Å². The highest BCUT2D eigenvalue weighted by Gasteiger charge is 2.15. The van der Waals surface area contributed by atoms with Gasteiger partial charge < -0.3 is 24.4 Å². The summed E-state index contributed by atoms with van der Waals surface area (Å²) >= 11 is 0. The first-order valence-electron chi connectivity index (χ1n) is 10.6. The number of hydrogen-bond donors (Lipinski definition) is 1. The van der Waals surface area contributed by atoms with Gasteiger partial charge in [-0.25, -0.2) is 0 Å². The molecule has 0 aromatic heterocycles. The summed E-state index contributed by atoms with van der Waals surface area (Å²) in [6, 6.07) is 10.1. The van der Waals surface area contributed by atoms with Gasteiger partial charge in [0.1, 0.15) is 11.6 Å². The zero-order chi connectivity index (χ0) is 21.6. The van der Waals surface area contributed by atoms with Crippen LogP contribution in [0.1, 0.15) is 39.2 Å². The van der Waals surface area contributed by atoms with Crippen LogP contribution in [0.15, 0.2) is 29.8 Å². The monoisotopic (exact) mass is 431 g/mol. The normalized spacial score (nSPS) is 14.3. The van der Waals surface area contributed by atoms with Crippen molar-refractivity contribution in [2.24, 2.45) is 0 Å². The maximum absolute atomic E-state index is 12.4. The molecule has 172 valence electrons. The Labute approximate surface area is 187 Å². The van der Waals surface area contributed by atoms with Gasteiger partial charge in [0.15, 0.2) is 0 Å². The van der Waals surface area contributed by atoms with Crippen molar-refractivity contribution in [3.8, 4) is 6.07 Å². The number of rotatable bonds is 12. The molecule has 7 heteroatoms. The summed E-state index contributed by atoms with van der Waals surface area (Å²) in [5.74, 6) is -0.380. The molecule has 0 atom stereocenters. The number of carbonyl (C=O) groups excluding carboxylic acids is 1. The highest BCUT2D eigenvalue weighted by molar-refractivity contribution is 6.04. The maximum atomic E-state index is 12.4. The van der Waals surface area contributed by atoms with E-state index in [2.05, 4.69) is 22.3 Å². The summed E-state index contributed by atoms with van der Waals surface area (Å²) in [4.78, 5) is 14.8. The second-order valence-electron chi connectivity index (χ2n) is 7.18. The first kappa shape index (κ1) is 26.6. The standard InChI is InChI=1S/C23H33N3O4.CH4/c1-19(20-6-8-21(9-7-20)26-11-4-3-5-12-26)22(18-24)23(27)25-10-13-29-16-17-30-15-14-28-2;/h6-9H,3-5,10-17H2,1-2H3,(H,25,27);1H4/b22-19+;. The van der Waals surface area contributed by atoms with Crippen molar-refractivity contribution < 1.29 is 19.0 Å². The minimum Gasteiger partial charge on any atom is -0.382 e. The Morgan fingerprint density at radius 1 is 1.03 bits per heavy atom. The molecule has 0 aliphatic carbocycles. The van der Waals surface area contributed by atoms with Gasteiger partial charge in [0.25, 0.3) is 5.91 Å². The molecule has 1 aromatic carbocycles. The van der Waals surface area contributed by atoms with Crippen molar-refractivity contribution in [1.82, 2.24) is 5.32 Å². The Kier molecular flexibility index (Phi) is 13.2. The summed E-state index contributed by atoms with van der Waals surface area (Å²) < 4.78 is 15.6. The molecule has 31 heavy (non-hydrogen) atoms. The maximum Gasteiger partial charge on any atom is 0.262 e. The average molecular weight is 432 g/mol. The van der Waals surface area contributed by atoms with Crippen LogP contribution in [0.4, 0.5) is 5.69 Å². The molecule has 1 saturated heterocycles. The highest BCUT2D eigenvalue weighted by Crippen LogP contribution is 2.24. The summed E-state index contributed by atoms with van der Waals surface area (Å²) in [5, 5.41) is 12.2. The van der Waals surface area contributed by atoms with Crippen molar-refractivity contribution in [3.63, 3.8) is 0 Å². The van der Waals surface area contributed by atoms with Gasteiger partial charge in [-0.3, -0.25) is 4.79 Å². The number of piperidine rings is 1. The number of nitrogens with zero attached hydrogens (tertiary/aromatic N) is 2. The molecule has 0 spiro atoms. The lowest BCUT2D eigenvalue weighted by Crippen LogP contribution is -2.29. The fourth-order valence-electron chi connectivity index (χ4n) is 3.31. The Morgan fingerprint density at radius 2 is 1.65 bits per heavy atom. The van der Waals surface area contributed by atoms with E-state index in [-0.39, 0.29) is 18.9 Å². The van der Waals surface area contributed by atoms with Crippen molar-refractivity contribution in [2.45, 2.75) is 33.6 Å². The van der Waals surface area contributed by atoms with Crippen LogP contribution in [0.2, 0.25) is 0 Å². The zero-order valence-electron chi connectivity index (χ0n) is 18.1. The third-order valence-corrected chi connectivity index (χ3v) is 5.07. The summed E-state index contributed by atoms with van der Waals surface area (Å²) in [6.45, 7) is 6.69. The molecule has 1 fully saturated rings. The van der Waals surface area contributed by atoms with Gasteiger partial charge in [-0.1, -0.05) is 19.6 Å². The molecule has 0 radical (unpaired) electrons. The molecular formula is C24H37N3O4. The number of benzene rings is 1. The molecule has 1 amide bonds. The first-order chi connectivity index (χ1) is 14.7. The van der Waals surface area contributed by atoms with E-state index in [1.165, 1.54) is 24.9 Å². The van der Waals surface area contributed by atoms with Crippen molar-refractivity contribution in [3.05, 3.63) is 35.4 Å². The van der Waals surface area contributed by atoms with Crippen LogP contribution in [0.3, 0.4) is 0 Å². The number of nitrogens with one attached hydrogen (secondary N) is 1. The van der Waals surface area contributed by atoms with E-state index >= 15 is 0 Å². The van der Waals surface area contributed by atoms with E-state index in [0.29, 0.717) is 45.2 Å². The fraction of sp³-hybridized carbons (Fsp3) is 0.583. The largest absolute Gasteiger partial charge is 0.382 e. The number of ether oxygens (including phenoxy) is 3. The second kappa shape index (κ2) is 15.4. The smallest absolute Gasteiger partial charge is 0.262 e. The number of methoxy groups -OCH3 is 1. The Bertz CT molecular complexity index is 719. The highest BCUT2D eigenvalue weighted by atomic mass is 16.5. The first-order valence-corrected chi connectivity index (χ1v) is 10.6. The predicted octanol–water partition coefficient (Wildman–Crippen LogP) is 3.41. The SMILES string of the molecule is C.COCCOCCOCCNC(=O)/C(C#N)=C(\C)c1ccc(N2CCCCC2)cc1. The van der Waals surface area contributed by atoms with Crippen LogP contribution in [0.25, 0.3) is 5.57 Å². The van der Waals surface area contributed by atoms with Gasteiger partial charge in [-0.15, -0.1) is 0 Å². The summed E-state index contributed by atoms with van der Waals surface area (Å²) in [6.07, 6.45) is 3.75. The minimum absolute atomic E-state index is 0. The van der Waals surface area contributed by atoms with Gasteiger partial charge in [0.05, 0.1) is 33.0 Å². The lowest BCUT2D eigenvalue weighted by Gasteiger charge is -2.28. The average Bonchev–Trinajstić information content (AvgIpc) is 2.79. The molecule has 1 N–H and O–H groups in total. The van der Waals surface area contributed by atoms with Crippen LogP contribution in [-0.2, 0) is 19.0 Å². The van der Waals surface area contributed by atoms with Crippen LogP contribution >= 0.6 is 0 Å². The van der Waals surface area contributed by atoms with Gasteiger partial charge >= 0.3 is 0 Å². The Balaban J connectivity index is 0.00000480. The topological polar surface area (TPSA) is 83.8 Å². The summed E-state index contributed by atoms with van der Waals surface area (Å²) in [7, 11) is 1.62. The quantitative estimate of drug-likeness (QED) is 0.310. The molecule has 1 aromatic rings. The Hall–Kier alpha value is -2.40. The van der Waals surface area contributed by atoms with Gasteiger partial charge in [0.2, 0.25) is 0 Å². The number of amides is 1. The third-order valence-electron chi connectivity index (χ3n) is 5.07. The van der Waals surface area contributed by atoms with Crippen molar-refractivity contribution >= 4 is 17.2 Å². The number of carbonyl (C=O) groups is 1. The van der Waals surface area contributed by atoms with E-state index in [9.17, 15) is 10.1 Å². The van der Waals surface area contributed by atoms with E-state index in [1.54, 1.807) is 7.11 Å².